The van der Waals surface area contributed by atoms with Crippen LogP contribution in [0, 0.1) is 13.8 Å². The van der Waals surface area contributed by atoms with E-state index in [1.807, 2.05) is 6.92 Å². The van der Waals surface area contributed by atoms with E-state index in [2.05, 4.69) is 9.71 Å². The smallest absolute Gasteiger partial charge is 0.265 e. The summed E-state index contributed by atoms with van der Waals surface area (Å²) in [4.78, 5) is 4.92. The highest BCUT2D eigenvalue weighted by molar-refractivity contribution is 7.93. The highest BCUT2D eigenvalue weighted by Crippen LogP contribution is 2.34. The van der Waals surface area contributed by atoms with E-state index in [1.54, 1.807) is 6.92 Å². The van der Waals surface area contributed by atoms with Gasteiger partial charge in [0.1, 0.15) is 4.90 Å². The third kappa shape index (κ3) is 2.85. The number of halogens is 2. The molecule has 0 spiro atoms. The van der Waals surface area contributed by atoms with Gasteiger partial charge in [0, 0.05) is 4.88 Å². The molecular weight excluding hydrogens is 341 g/mol. The number of nitrogen functional groups attached to an aromatic ring is 1. The van der Waals surface area contributed by atoms with E-state index < -0.39 is 10.0 Å². The molecule has 2 rings (SSSR count). The first-order valence-electron chi connectivity index (χ1n) is 5.42. The van der Waals surface area contributed by atoms with E-state index in [9.17, 15) is 8.42 Å². The molecule has 0 aliphatic heterocycles. The number of thiazole rings is 1. The zero-order chi connectivity index (χ0) is 15.1. The second-order valence-corrected chi connectivity index (χ2v) is 7.68. The Bertz CT molecular complexity index is 753. The Kier molecular flexibility index (Phi) is 4.15. The third-order valence-electron chi connectivity index (χ3n) is 2.63. The fraction of sp³-hybridized carbons (Fsp3) is 0.182. The van der Waals surface area contributed by atoms with Crippen LogP contribution in [0.25, 0.3) is 0 Å². The molecule has 0 unspecified atom stereocenters. The molecule has 2 aromatic rings. The molecule has 0 aliphatic carbocycles. The van der Waals surface area contributed by atoms with Crippen LogP contribution in [0.3, 0.4) is 0 Å². The van der Waals surface area contributed by atoms with Gasteiger partial charge in [0.05, 0.1) is 21.4 Å². The van der Waals surface area contributed by atoms with Crippen molar-refractivity contribution in [2.75, 3.05) is 10.5 Å². The molecule has 1 heterocycles. The van der Waals surface area contributed by atoms with Crippen molar-refractivity contribution in [2.45, 2.75) is 18.7 Å². The normalized spacial score (nSPS) is 11.6. The van der Waals surface area contributed by atoms with Crippen molar-refractivity contribution >= 4 is 55.4 Å². The first kappa shape index (κ1) is 15.4. The molecule has 0 fully saturated rings. The van der Waals surface area contributed by atoms with Crippen LogP contribution in [-0.2, 0) is 10.0 Å². The van der Waals surface area contributed by atoms with Crippen molar-refractivity contribution < 1.29 is 8.42 Å². The average Bonchev–Trinajstić information content (AvgIpc) is 2.64. The van der Waals surface area contributed by atoms with E-state index >= 15 is 0 Å². The molecule has 1 aromatic carbocycles. The van der Waals surface area contributed by atoms with Gasteiger partial charge >= 0.3 is 0 Å². The molecule has 0 atom stereocenters. The molecule has 0 bridgehead atoms. The molecule has 3 N–H and O–H groups in total. The van der Waals surface area contributed by atoms with Gasteiger partial charge in [-0.15, -0.1) is 11.3 Å². The number of nitrogens with zero attached hydrogens (tertiary/aromatic N) is 1. The third-order valence-corrected chi connectivity index (χ3v) is 5.98. The van der Waals surface area contributed by atoms with Gasteiger partial charge in [-0.3, -0.25) is 4.72 Å². The van der Waals surface area contributed by atoms with Crippen LogP contribution in [0.4, 0.5) is 10.8 Å². The number of rotatable bonds is 3. The lowest BCUT2D eigenvalue weighted by Crippen LogP contribution is -2.14. The van der Waals surface area contributed by atoms with Gasteiger partial charge in [-0.1, -0.05) is 23.2 Å². The van der Waals surface area contributed by atoms with Gasteiger partial charge in [0.2, 0.25) is 0 Å². The zero-order valence-corrected chi connectivity index (χ0v) is 13.7. The summed E-state index contributed by atoms with van der Waals surface area (Å²) in [5.41, 5.74) is 6.43. The molecule has 5 nitrogen and oxygen atoms in total. The minimum Gasteiger partial charge on any atom is -0.396 e. The number of aromatic nitrogens is 1. The first-order valence-corrected chi connectivity index (χ1v) is 8.48. The van der Waals surface area contributed by atoms with Crippen molar-refractivity contribution in [3.05, 3.63) is 32.7 Å². The molecule has 0 saturated carbocycles. The van der Waals surface area contributed by atoms with Gasteiger partial charge in [-0.05, 0) is 26.0 Å². The molecule has 1 aromatic heterocycles. The van der Waals surface area contributed by atoms with E-state index in [-0.39, 0.29) is 25.8 Å². The largest absolute Gasteiger partial charge is 0.396 e. The predicted molar refractivity (Wildman–Crippen MR) is 83.3 cm³/mol. The fourth-order valence-corrected chi connectivity index (χ4v) is 4.26. The van der Waals surface area contributed by atoms with Crippen molar-refractivity contribution in [2.24, 2.45) is 0 Å². The summed E-state index contributed by atoms with van der Waals surface area (Å²) in [5, 5.41) is 0.384. The number of nitrogens with one attached hydrogen (secondary N) is 1. The average molecular weight is 352 g/mol. The monoisotopic (exact) mass is 351 g/mol. The Balaban J connectivity index is 2.43. The van der Waals surface area contributed by atoms with Gasteiger partial charge in [-0.2, -0.15) is 0 Å². The topological polar surface area (TPSA) is 85.1 Å². The SMILES string of the molecule is Cc1nc(NS(=O)(=O)c2ccc(Cl)c(N)c2Cl)sc1C. The van der Waals surface area contributed by atoms with Crippen molar-refractivity contribution in [1.29, 1.82) is 0 Å². The van der Waals surface area contributed by atoms with E-state index in [0.29, 0.717) is 0 Å². The van der Waals surface area contributed by atoms with Crippen LogP contribution in [-0.4, -0.2) is 13.4 Å². The Morgan fingerprint density at radius 1 is 1.30 bits per heavy atom. The van der Waals surface area contributed by atoms with Gasteiger partial charge in [-0.25, -0.2) is 13.4 Å². The lowest BCUT2D eigenvalue weighted by molar-refractivity contribution is 0.601. The minimum absolute atomic E-state index is 0.0303. The molecule has 9 heteroatoms. The van der Waals surface area contributed by atoms with Crippen LogP contribution < -0.4 is 10.5 Å². The fourth-order valence-electron chi connectivity index (χ4n) is 1.44. The van der Waals surface area contributed by atoms with Gasteiger partial charge in [0.15, 0.2) is 5.13 Å². The minimum atomic E-state index is -3.86. The summed E-state index contributed by atoms with van der Waals surface area (Å²) in [6.07, 6.45) is 0. The summed E-state index contributed by atoms with van der Waals surface area (Å²) < 4.78 is 26.9. The zero-order valence-electron chi connectivity index (χ0n) is 10.6. The number of aryl methyl sites for hydroxylation is 2. The van der Waals surface area contributed by atoms with Crippen molar-refractivity contribution in [3.8, 4) is 0 Å². The Hall–Kier alpha value is -1.02. The summed E-state index contributed by atoms with van der Waals surface area (Å²) in [5.74, 6) is 0. The number of hydrogen-bond donors (Lipinski definition) is 2. The standard InChI is InChI=1S/C11H11Cl2N3O2S2/c1-5-6(2)19-11(15-5)16-20(17,18)8-4-3-7(12)10(14)9(8)13/h3-4H,14H2,1-2H3,(H,15,16). The predicted octanol–water partition coefficient (Wildman–Crippen LogP) is 3.45. The number of nitrogens with two attached hydrogens (primary N) is 1. The van der Waals surface area contributed by atoms with Crippen LogP contribution in [0.5, 0.6) is 0 Å². The maximum Gasteiger partial charge on any atom is 0.265 e. The summed E-state index contributed by atoms with van der Waals surface area (Å²) in [6.45, 7) is 3.66. The molecule has 0 aliphatic rings. The maximum absolute atomic E-state index is 12.3. The Morgan fingerprint density at radius 2 is 1.95 bits per heavy atom. The van der Waals surface area contributed by atoms with Crippen LogP contribution in [0.2, 0.25) is 10.0 Å². The number of sulfonamides is 1. The van der Waals surface area contributed by atoms with Crippen LogP contribution in [0.1, 0.15) is 10.6 Å². The number of hydrogen-bond acceptors (Lipinski definition) is 5. The second-order valence-electron chi connectivity index (χ2n) is 4.04. The maximum atomic E-state index is 12.3. The molecule has 0 amide bonds. The number of anilines is 2. The summed E-state index contributed by atoms with van der Waals surface area (Å²) >= 11 is 13.0. The lowest BCUT2D eigenvalue weighted by Gasteiger charge is -2.09. The Morgan fingerprint density at radius 3 is 2.50 bits per heavy atom. The Labute approximate surface area is 130 Å². The number of benzene rings is 1. The second kappa shape index (κ2) is 5.40. The van der Waals surface area contributed by atoms with Crippen LogP contribution in [0.15, 0.2) is 17.0 Å². The van der Waals surface area contributed by atoms with Gasteiger partial charge < -0.3 is 5.73 Å². The highest BCUT2D eigenvalue weighted by Gasteiger charge is 2.22. The summed E-state index contributed by atoms with van der Waals surface area (Å²) in [6, 6.07) is 2.69. The molecule has 108 valence electrons. The molecular formula is C11H11Cl2N3O2S2. The highest BCUT2D eigenvalue weighted by atomic mass is 35.5. The van der Waals surface area contributed by atoms with Crippen molar-refractivity contribution in [1.82, 2.24) is 4.98 Å². The van der Waals surface area contributed by atoms with E-state index in [4.69, 9.17) is 28.9 Å². The summed E-state index contributed by atoms with van der Waals surface area (Å²) in [7, 11) is -3.86. The molecule has 0 saturated heterocycles. The van der Waals surface area contributed by atoms with E-state index in [0.717, 1.165) is 10.6 Å². The molecule has 0 radical (unpaired) electrons. The lowest BCUT2D eigenvalue weighted by atomic mass is 10.3. The molecule has 20 heavy (non-hydrogen) atoms. The van der Waals surface area contributed by atoms with Gasteiger partial charge in [0.25, 0.3) is 10.0 Å². The first-order chi connectivity index (χ1) is 9.22. The quantitative estimate of drug-likeness (QED) is 0.829. The van der Waals surface area contributed by atoms with E-state index in [1.165, 1.54) is 23.5 Å². The van der Waals surface area contributed by atoms with Crippen molar-refractivity contribution in [3.63, 3.8) is 0 Å². The van der Waals surface area contributed by atoms with Crippen LogP contribution >= 0.6 is 34.5 Å².